The number of anilines is 1. The van der Waals surface area contributed by atoms with Crippen LogP contribution in [0.15, 0.2) is 36.8 Å². The molecule has 0 spiro atoms. The molecule has 0 unspecified atom stereocenters. The Hall–Kier alpha value is -2.56. The molecule has 2 aromatic heterocycles. The van der Waals surface area contributed by atoms with Gasteiger partial charge in [0.1, 0.15) is 11.6 Å². The summed E-state index contributed by atoms with van der Waals surface area (Å²) in [6.45, 7) is 4.10. The lowest BCUT2D eigenvalue weighted by Gasteiger charge is -2.11. The lowest BCUT2D eigenvalue weighted by atomic mass is 10.1. The van der Waals surface area contributed by atoms with Crippen molar-refractivity contribution >= 4 is 11.5 Å². The number of nitrogens with zero attached hydrogens (tertiary/aromatic N) is 3. The van der Waals surface area contributed by atoms with Crippen LogP contribution in [0.4, 0.5) is 5.82 Å². The molecule has 5 nitrogen and oxygen atoms in total. The van der Waals surface area contributed by atoms with E-state index in [4.69, 9.17) is 4.74 Å². The molecule has 1 N–H and O–H groups in total. The molecule has 0 saturated heterocycles. The first kappa shape index (κ1) is 12.5. The molecule has 0 saturated carbocycles. The summed E-state index contributed by atoms with van der Waals surface area (Å²) in [5, 5.41) is 3.02. The zero-order valence-electron chi connectivity index (χ0n) is 11.7. The van der Waals surface area contributed by atoms with E-state index < -0.39 is 0 Å². The maximum atomic E-state index is 5.97. The van der Waals surface area contributed by atoms with Crippen molar-refractivity contribution in [2.45, 2.75) is 13.8 Å². The summed E-state index contributed by atoms with van der Waals surface area (Å²) < 4.78 is 7.86. The van der Waals surface area contributed by atoms with Crippen LogP contribution in [0.2, 0.25) is 0 Å². The van der Waals surface area contributed by atoms with Gasteiger partial charge in [-0.25, -0.2) is 4.98 Å². The first-order valence-corrected chi connectivity index (χ1v) is 6.44. The van der Waals surface area contributed by atoms with Crippen molar-refractivity contribution in [3.8, 4) is 11.6 Å². The van der Waals surface area contributed by atoms with Crippen molar-refractivity contribution in [2.24, 2.45) is 0 Å². The number of hydrogen-bond acceptors (Lipinski definition) is 4. The average Bonchev–Trinajstić information content (AvgIpc) is 2.92. The fourth-order valence-corrected chi connectivity index (χ4v) is 2.03. The summed E-state index contributed by atoms with van der Waals surface area (Å²) in [6, 6.07) is 5.97. The Morgan fingerprint density at radius 3 is 2.90 bits per heavy atom. The summed E-state index contributed by atoms with van der Waals surface area (Å²) in [5.74, 6) is 2.03. The molecule has 3 rings (SSSR count). The molecule has 0 radical (unpaired) electrons. The summed E-state index contributed by atoms with van der Waals surface area (Å²) in [6.07, 6.45) is 5.47. The van der Waals surface area contributed by atoms with Gasteiger partial charge in [-0.2, -0.15) is 4.98 Å². The highest BCUT2D eigenvalue weighted by molar-refractivity contribution is 5.55. The predicted molar refractivity (Wildman–Crippen MR) is 78.5 cm³/mol. The third-order valence-corrected chi connectivity index (χ3v) is 3.36. The van der Waals surface area contributed by atoms with Gasteiger partial charge in [0.25, 0.3) is 5.88 Å². The van der Waals surface area contributed by atoms with E-state index in [2.05, 4.69) is 28.3 Å². The van der Waals surface area contributed by atoms with Crippen LogP contribution in [-0.4, -0.2) is 21.4 Å². The molecule has 20 heavy (non-hydrogen) atoms. The normalized spacial score (nSPS) is 10.8. The second-order valence-electron chi connectivity index (χ2n) is 4.64. The smallest absolute Gasteiger partial charge is 0.265 e. The van der Waals surface area contributed by atoms with E-state index in [9.17, 15) is 0 Å². The largest absolute Gasteiger partial charge is 0.436 e. The number of aromatic nitrogens is 3. The highest BCUT2D eigenvalue weighted by Gasteiger charge is 2.11. The van der Waals surface area contributed by atoms with Gasteiger partial charge in [0.05, 0.1) is 6.20 Å². The molecule has 3 aromatic rings. The van der Waals surface area contributed by atoms with Crippen molar-refractivity contribution in [3.05, 3.63) is 47.9 Å². The van der Waals surface area contributed by atoms with Crippen LogP contribution in [-0.2, 0) is 0 Å². The Kier molecular flexibility index (Phi) is 3.02. The third kappa shape index (κ3) is 2.07. The van der Waals surface area contributed by atoms with E-state index in [-0.39, 0.29) is 0 Å². The van der Waals surface area contributed by atoms with Crippen molar-refractivity contribution in [2.75, 3.05) is 12.4 Å². The van der Waals surface area contributed by atoms with E-state index >= 15 is 0 Å². The fraction of sp³-hybridized carbons (Fsp3) is 0.200. The molecule has 0 bridgehead atoms. The van der Waals surface area contributed by atoms with Crippen molar-refractivity contribution in [3.63, 3.8) is 0 Å². The van der Waals surface area contributed by atoms with E-state index in [1.807, 2.05) is 42.9 Å². The molecule has 5 heteroatoms. The van der Waals surface area contributed by atoms with Crippen LogP contribution in [0.25, 0.3) is 5.65 Å². The number of imidazole rings is 1. The minimum Gasteiger partial charge on any atom is -0.436 e. The first-order valence-electron chi connectivity index (χ1n) is 6.44. The van der Waals surface area contributed by atoms with Crippen molar-refractivity contribution < 1.29 is 4.74 Å². The monoisotopic (exact) mass is 268 g/mol. The third-order valence-electron chi connectivity index (χ3n) is 3.36. The molecule has 0 fully saturated rings. The van der Waals surface area contributed by atoms with Gasteiger partial charge in [-0.15, -0.1) is 0 Å². The molecular formula is C15H16N4O. The highest BCUT2D eigenvalue weighted by atomic mass is 16.5. The number of nitrogens with one attached hydrogen (secondary N) is 1. The fourth-order valence-electron chi connectivity index (χ4n) is 2.03. The minimum absolute atomic E-state index is 0.496. The Balaban J connectivity index is 2.10. The van der Waals surface area contributed by atoms with Gasteiger partial charge in [0, 0.05) is 19.4 Å². The predicted octanol–water partition coefficient (Wildman–Crippen LogP) is 3.18. The summed E-state index contributed by atoms with van der Waals surface area (Å²) in [4.78, 5) is 8.73. The molecule has 0 amide bonds. The topological polar surface area (TPSA) is 51.5 Å². The second kappa shape index (κ2) is 4.85. The molecule has 1 aromatic carbocycles. The lowest BCUT2D eigenvalue weighted by Crippen LogP contribution is -2.00. The van der Waals surface area contributed by atoms with Gasteiger partial charge < -0.3 is 10.1 Å². The Morgan fingerprint density at radius 1 is 1.25 bits per heavy atom. The zero-order chi connectivity index (χ0) is 14.1. The van der Waals surface area contributed by atoms with Crippen molar-refractivity contribution in [1.29, 1.82) is 0 Å². The van der Waals surface area contributed by atoms with Crippen LogP contribution in [0.1, 0.15) is 11.1 Å². The SMILES string of the molecule is CNc1cn2ccnc2c(Oc2cccc(C)c2C)n1. The highest BCUT2D eigenvalue weighted by Crippen LogP contribution is 2.28. The van der Waals surface area contributed by atoms with Gasteiger partial charge >= 0.3 is 0 Å². The van der Waals surface area contributed by atoms with E-state index in [0.29, 0.717) is 11.5 Å². The standard InChI is InChI=1S/C15H16N4O/c1-10-5-4-6-12(11(10)2)20-15-14-17-7-8-19(14)9-13(16-3)18-15/h4-9,16H,1-3H3. The van der Waals surface area contributed by atoms with Crippen LogP contribution >= 0.6 is 0 Å². The number of benzene rings is 1. The van der Waals surface area contributed by atoms with Crippen LogP contribution in [0, 0.1) is 13.8 Å². The molecule has 0 aliphatic rings. The summed E-state index contributed by atoms with van der Waals surface area (Å²) in [7, 11) is 1.83. The molecule has 0 atom stereocenters. The average molecular weight is 268 g/mol. The molecule has 0 aliphatic heterocycles. The van der Waals surface area contributed by atoms with Gasteiger partial charge in [-0.3, -0.25) is 4.40 Å². The maximum absolute atomic E-state index is 5.97. The quantitative estimate of drug-likeness (QED) is 0.792. The van der Waals surface area contributed by atoms with E-state index in [1.54, 1.807) is 6.20 Å². The van der Waals surface area contributed by atoms with Gasteiger partial charge in [-0.05, 0) is 31.0 Å². The zero-order valence-corrected chi connectivity index (χ0v) is 11.7. The Bertz CT molecular complexity index is 764. The van der Waals surface area contributed by atoms with E-state index in [1.165, 1.54) is 5.56 Å². The minimum atomic E-state index is 0.496. The second-order valence-corrected chi connectivity index (χ2v) is 4.64. The summed E-state index contributed by atoms with van der Waals surface area (Å²) in [5.41, 5.74) is 2.99. The molecule has 0 aliphatic carbocycles. The van der Waals surface area contributed by atoms with E-state index in [0.717, 1.165) is 17.1 Å². The van der Waals surface area contributed by atoms with Gasteiger partial charge in [-0.1, -0.05) is 12.1 Å². The van der Waals surface area contributed by atoms with Crippen LogP contribution < -0.4 is 10.1 Å². The van der Waals surface area contributed by atoms with Crippen molar-refractivity contribution in [1.82, 2.24) is 14.4 Å². The molecule has 102 valence electrons. The van der Waals surface area contributed by atoms with Crippen LogP contribution in [0.5, 0.6) is 11.6 Å². The first-order chi connectivity index (χ1) is 9.69. The van der Waals surface area contributed by atoms with Crippen LogP contribution in [0.3, 0.4) is 0 Å². The molecular weight excluding hydrogens is 252 g/mol. The Labute approximate surface area is 117 Å². The van der Waals surface area contributed by atoms with Gasteiger partial charge in [0.15, 0.2) is 0 Å². The molecule has 2 heterocycles. The lowest BCUT2D eigenvalue weighted by molar-refractivity contribution is 0.462. The number of hydrogen-bond donors (Lipinski definition) is 1. The number of rotatable bonds is 3. The summed E-state index contributed by atoms with van der Waals surface area (Å²) >= 11 is 0. The number of aryl methyl sites for hydroxylation is 1. The number of fused-ring (bicyclic) bond motifs is 1. The maximum Gasteiger partial charge on any atom is 0.265 e. The number of ether oxygens (including phenoxy) is 1. The van der Waals surface area contributed by atoms with Gasteiger partial charge in [0.2, 0.25) is 5.65 Å². The Morgan fingerprint density at radius 2 is 2.10 bits per heavy atom.